The summed E-state index contributed by atoms with van der Waals surface area (Å²) in [6.45, 7) is 0.0723. The Kier molecular flexibility index (Phi) is 4.98. The van der Waals surface area contributed by atoms with Gasteiger partial charge in [0.05, 0.1) is 7.11 Å². The zero-order valence-corrected chi connectivity index (χ0v) is 10.00. The van der Waals surface area contributed by atoms with Crippen LogP contribution in [0.4, 0.5) is 9.59 Å². The fraction of sp³-hybridized carbons (Fsp3) is 0.333. The molecule has 2 N–H and O–H groups in total. The van der Waals surface area contributed by atoms with Crippen LogP contribution < -0.4 is 0 Å². The summed E-state index contributed by atoms with van der Waals surface area (Å²) >= 11 is 0. The number of benzene rings is 1. The third-order valence-corrected chi connectivity index (χ3v) is 2.41. The third-order valence-electron chi connectivity index (χ3n) is 2.41. The van der Waals surface area contributed by atoms with E-state index in [1.807, 2.05) is 0 Å². The Hall–Kier alpha value is -2.24. The van der Waals surface area contributed by atoms with Gasteiger partial charge in [-0.25, -0.2) is 14.5 Å². The Labute approximate surface area is 104 Å². The molecule has 1 aromatic carbocycles. The standard InChI is InChI=1S/C12H15NO5/c1-18-12(17)13(11(15)16)8-2-3-9-4-6-10(14)7-5-9/h4-7,14H,2-3,8H2,1H3,(H,15,16). The van der Waals surface area contributed by atoms with Gasteiger partial charge in [-0.15, -0.1) is 0 Å². The fourth-order valence-corrected chi connectivity index (χ4v) is 1.48. The van der Waals surface area contributed by atoms with E-state index < -0.39 is 12.2 Å². The predicted molar refractivity (Wildman–Crippen MR) is 63.6 cm³/mol. The van der Waals surface area contributed by atoms with Gasteiger partial charge < -0.3 is 14.9 Å². The summed E-state index contributed by atoms with van der Waals surface area (Å²) in [7, 11) is 1.14. The van der Waals surface area contributed by atoms with E-state index in [9.17, 15) is 9.59 Å². The molecule has 18 heavy (non-hydrogen) atoms. The van der Waals surface area contributed by atoms with Crippen LogP contribution in [0, 0.1) is 0 Å². The van der Waals surface area contributed by atoms with Crippen LogP contribution in [0.25, 0.3) is 0 Å². The van der Waals surface area contributed by atoms with Gasteiger partial charge in [0, 0.05) is 6.54 Å². The van der Waals surface area contributed by atoms with Crippen LogP contribution in [0.3, 0.4) is 0 Å². The lowest BCUT2D eigenvalue weighted by atomic mass is 10.1. The third kappa shape index (κ3) is 3.97. The molecule has 0 radical (unpaired) electrons. The van der Waals surface area contributed by atoms with Gasteiger partial charge in [0.1, 0.15) is 5.75 Å². The topological polar surface area (TPSA) is 87.1 Å². The van der Waals surface area contributed by atoms with Crippen molar-refractivity contribution in [2.75, 3.05) is 13.7 Å². The first-order valence-corrected chi connectivity index (χ1v) is 5.41. The molecule has 6 nitrogen and oxygen atoms in total. The molecule has 1 rings (SSSR count). The molecule has 0 fully saturated rings. The van der Waals surface area contributed by atoms with Crippen LogP contribution in [-0.4, -0.2) is 41.0 Å². The molecule has 0 aliphatic heterocycles. The first-order valence-electron chi connectivity index (χ1n) is 5.41. The molecular formula is C12H15NO5. The molecule has 0 heterocycles. The number of rotatable bonds is 4. The van der Waals surface area contributed by atoms with E-state index in [1.54, 1.807) is 24.3 Å². The van der Waals surface area contributed by atoms with Crippen molar-refractivity contribution in [2.24, 2.45) is 0 Å². The molecule has 0 saturated heterocycles. The number of aromatic hydroxyl groups is 1. The second-order valence-electron chi connectivity index (χ2n) is 3.67. The summed E-state index contributed by atoms with van der Waals surface area (Å²) in [5, 5.41) is 17.9. The highest BCUT2D eigenvalue weighted by atomic mass is 16.5. The number of ether oxygens (including phenoxy) is 1. The Morgan fingerprint density at radius 3 is 2.39 bits per heavy atom. The SMILES string of the molecule is COC(=O)N(CCCc1ccc(O)cc1)C(=O)O. The van der Waals surface area contributed by atoms with Crippen LogP contribution in [0.5, 0.6) is 5.75 Å². The molecule has 0 aliphatic rings. The molecule has 6 heteroatoms. The lowest BCUT2D eigenvalue weighted by Gasteiger charge is -2.15. The van der Waals surface area contributed by atoms with Gasteiger partial charge in [-0.3, -0.25) is 0 Å². The number of phenols is 1. The number of carbonyl (C=O) groups is 2. The number of imide groups is 1. The van der Waals surface area contributed by atoms with Crippen molar-refractivity contribution >= 4 is 12.2 Å². The number of nitrogens with zero attached hydrogens (tertiary/aromatic N) is 1. The minimum atomic E-state index is -1.33. The lowest BCUT2D eigenvalue weighted by molar-refractivity contribution is 0.109. The number of hydrogen-bond acceptors (Lipinski definition) is 4. The molecule has 0 saturated carbocycles. The molecule has 0 spiro atoms. The largest absolute Gasteiger partial charge is 0.508 e. The maximum atomic E-state index is 11.1. The van der Waals surface area contributed by atoms with Gasteiger partial charge in [-0.1, -0.05) is 12.1 Å². The van der Waals surface area contributed by atoms with Crippen molar-refractivity contribution in [3.63, 3.8) is 0 Å². The van der Waals surface area contributed by atoms with Gasteiger partial charge in [0.2, 0.25) is 0 Å². The van der Waals surface area contributed by atoms with Crippen molar-refractivity contribution < 1.29 is 24.5 Å². The minimum Gasteiger partial charge on any atom is -0.508 e. The van der Waals surface area contributed by atoms with E-state index >= 15 is 0 Å². The lowest BCUT2D eigenvalue weighted by Crippen LogP contribution is -2.36. The Morgan fingerprint density at radius 1 is 1.28 bits per heavy atom. The van der Waals surface area contributed by atoms with Crippen LogP contribution in [-0.2, 0) is 11.2 Å². The van der Waals surface area contributed by atoms with E-state index in [0.717, 1.165) is 12.7 Å². The Bertz CT molecular complexity index is 415. The van der Waals surface area contributed by atoms with Crippen molar-refractivity contribution in [1.29, 1.82) is 0 Å². The first-order chi connectivity index (χ1) is 8.54. The van der Waals surface area contributed by atoms with E-state index in [2.05, 4.69) is 4.74 Å². The summed E-state index contributed by atoms with van der Waals surface area (Å²) in [5.74, 6) is 0.181. The second kappa shape index (κ2) is 6.48. The van der Waals surface area contributed by atoms with Crippen LogP contribution in [0.1, 0.15) is 12.0 Å². The smallest absolute Gasteiger partial charge is 0.419 e. The molecule has 1 aromatic rings. The Balaban J connectivity index is 2.46. The maximum Gasteiger partial charge on any atom is 0.419 e. The number of phenolic OH excluding ortho intramolecular Hbond substituents is 1. The highest BCUT2D eigenvalue weighted by Gasteiger charge is 2.20. The minimum absolute atomic E-state index is 0.0723. The van der Waals surface area contributed by atoms with Crippen molar-refractivity contribution in [3.8, 4) is 5.75 Å². The molecule has 98 valence electrons. The summed E-state index contributed by atoms with van der Waals surface area (Å²) < 4.78 is 4.37. The predicted octanol–water partition coefficient (Wildman–Crippen LogP) is 2.07. The highest BCUT2D eigenvalue weighted by Crippen LogP contribution is 2.11. The molecule has 2 amide bonds. The zero-order chi connectivity index (χ0) is 13.5. The molecule has 0 atom stereocenters. The van der Waals surface area contributed by atoms with Gasteiger partial charge in [0.15, 0.2) is 0 Å². The van der Waals surface area contributed by atoms with Gasteiger partial charge in [-0.2, -0.15) is 0 Å². The fourth-order valence-electron chi connectivity index (χ4n) is 1.48. The number of aryl methyl sites for hydroxylation is 1. The first kappa shape index (κ1) is 13.8. The van der Waals surface area contributed by atoms with E-state index in [1.165, 1.54) is 0 Å². The van der Waals surface area contributed by atoms with E-state index in [0.29, 0.717) is 17.7 Å². The summed E-state index contributed by atoms with van der Waals surface area (Å²) in [6.07, 6.45) is -1.10. The number of carbonyl (C=O) groups excluding carboxylic acids is 1. The maximum absolute atomic E-state index is 11.1. The second-order valence-corrected chi connectivity index (χ2v) is 3.67. The van der Waals surface area contributed by atoms with Gasteiger partial charge >= 0.3 is 12.2 Å². The number of carboxylic acid groups (broad SMARTS) is 1. The van der Waals surface area contributed by atoms with Crippen LogP contribution >= 0.6 is 0 Å². The summed E-state index contributed by atoms with van der Waals surface area (Å²) in [5.41, 5.74) is 0.961. The molecule has 0 unspecified atom stereocenters. The highest BCUT2D eigenvalue weighted by molar-refractivity contribution is 5.86. The van der Waals surface area contributed by atoms with Crippen molar-refractivity contribution in [3.05, 3.63) is 29.8 Å². The molecular weight excluding hydrogens is 238 g/mol. The molecule has 0 aromatic heterocycles. The summed E-state index contributed by atoms with van der Waals surface area (Å²) in [4.78, 5) is 22.5. The Morgan fingerprint density at radius 2 is 1.89 bits per heavy atom. The number of amides is 2. The van der Waals surface area contributed by atoms with E-state index in [4.69, 9.17) is 10.2 Å². The zero-order valence-electron chi connectivity index (χ0n) is 10.00. The van der Waals surface area contributed by atoms with Crippen LogP contribution in [0.2, 0.25) is 0 Å². The van der Waals surface area contributed by atoms with Gasteiger partial charge in [0.25, 0.3) is 0 Å². The number of methoxy groups -OCH3 is 1. The monoisotopic (exact) mass is 253 g/mol. The molecule has 0 aliphatic carbocycles. The molecule has 0 bridgehead atoms. The van der Waals surface area contributed by atoms with Crippen molar-refractivity contribution in [2.45, 2.75) is 12.8 Å². The van der Waals surface area contributed by atoms with E-state index in [-0.39, 0.29) is 12.3 Å². The number of hydrogen-bond donors (Lipinski definition) is 2. The summed E-state index contributed by atoms with van der Waals surface area (Å²) in [6, 6.07) is 6.62. The normalized spacial score (nSPS) is 9.83. The van der Waals surface area contributed by atoms with Gasteiger partial charge in [-0.05, 0) is 30.5 Å². The quantitative estimate of drug-likeness (QED) is 0.857. The average Bonchev–Trinajstić information content (AvgIpc) is 2.35. The van der Waals surface area contributed by atoms with Crippen molar-refractivity contribution in [1.82, 2.24) is 4.90 Å². The average molecular weight is 253 g/mol. The van der Waals surface area contributed by atoms with Crippen LogP contribution in [0.15, 0.2) is 24.3 Å².